The second-order valence-electron chi connectivity index (χ2n) is 12.1. The minimum atomic E-state index is 0.345. The van der Waals surface area contributed by atoms with Gasteiger partial charge in [-0.2, -0.15) is 0 Å². The molecule has 0 spiro atoms. The standard InChI is InChI=1S/C36H46N2O/c1-24(2)29-16-12-17-30(25(3)4)34(29)37-22-23-38(35-31(26(5)6)18-13-19-32(35)27(7)8)36(37)33(39)21-20-28-14-10-9-11-15-28/h9-19,21,24-27H,20,22-23H2,1-8H3/p+1/b33-21-. The molecule has 0 bridgehead atoms. The van der Waals surface area contributed by atoms with Crippen LogP contribution in [-0.4, -0.2) is 28.6 Å². The van der Waals surface area contributed by atoms with Gasteiger partial charge in [-0.15, -0.1) is 0 Å². The SMILES string of the molecule is CC(C)c1cccc(C(C)C)c1N1CC[N+](c2c(C(C)C)cccc2C(C)C)=C1/C(O)=C/Cc1ccccc1. The van der Waals surface area contributed by atoms with Crippen molar-refractivity contribution in [3.05, 3.63) is 106 Å². The molecular weight excluding hydrogens is 476 g/mol. The van der Waals surface area contributed by atoms with Gasteiger partial charge in [0, 0.05) is 22.3 Å². The van der Waals surface area contributed by atoms with Crippen molar-refractivity contribution in [3.8, 4) is 0 Å². The molecule has 0 aromatic heterocycles. The largest absolute Gasteiger partial charge is 0.501 e. The van der Waals surface area contributed by atoms with Crippen LogP contribution in [0.4, 0.5) is 11.4 Å². The Morgan fingerprint density at radius 1 is 0.718 bits per heavy atom. The third-order valence-electron chi connectivity index (χ3n) is 7.89. The number of hydrogen-bond donors (Lipinski definition) is 1. The molecule has 1 aliphatic rings. The maximum Gasteiger partial charge on any atom is 0.325 e. The summed E-state index contributed by atoms with van der Waals surface area (Å²) < 4.78 is 2.41. The van der Waals surface area contributed by atoms with Crippen LogP contribution in [0.5, 0.6) is 0 Å². The van der Waals surface area contributed by atoms with E-state index in [9.17, 15) is 5.11 Å². The van der Waals surface area contributed by atoms with Gasteiger partial charge in [-0.25, -0.2) is 9.48 Å². The number of aliphatic hydroxyl groups is 1. The minimum absolute atomic E-state index is 0.345. The van der Waals surface area contributed by atoms with Crippen LogP contribution >= 0.6 is 0 Å². The van der Waals surface area contributed by atoms with E-state index in [1.807, 2.05) is 12.1 Å². The van der Waals surface area contributed by atoms with E-state index in [2.05, 4.69) is 126 Å². The lowest BCUT2D eigenvalue weighted by Crippen LogP contribution is -2.33. The Balaban J connectivity index is 2.01. The first-order valence-corrected chi connectivity index (χ1v) is 14.7. The van der Waals surface area contributed by atoms with Crippen LogP contribution in [0.1, 0.15) is 107 Å². The first kappa shape index (κ1) is 28.7. The van der Waals surface area contributed by atoms with Crippen LogP contribution in [0, 0.1) is 0 Å². The lowest BCUT2D eigenvalue weighted by molar-refractivity contribution is -0.430. The van der Waals surface area contributed by atoms with Crippen LogP contribution < -0.4 is 4.90 Å². The van der Waals surface area contributed by atoms with E-state index in [4.69, 9.17) is 0 Å². The number of amidine groups is 1. The summed E-state index contributed by atoms with van der Waals surface area (Å²) in [5.74, 6) is 2.74. The number of hydrogen-bond acceptors (Lipinski definition) is 2. The Morgan fingerprint density at radius 3 is 1.69 bits per heavy atom. The fourth-order valence-corrected chi connectivity index (χ4v) is 5.84. The topological polar surface area (TPSA) is 26.5 Å². The van der Waals surface area contributed by atoms with Crippen molar-refractivity contribution < 1.29 is 9.68 Å². The number of aliphatic hydroxyl groups excluding tert-OH is 1. The first-order valence-electron chi connectivity index (χ1n) is 14.7. The van der Waals surface area contributed by atoms with Crippen molar-refractivity contribution >= 4 is 17.2 Å². The average molecular weight is 524 g/mol. The number of para-hydroxylation sites is 2. The molecule has 3 heteroatoms. The summed E-state index contributed by atoms with van der Waals surface area (Å²) in [4.78, 5) is 2.41. The highest BCUT2D eigenvalue weighted by Crippen LogP contribution is 2.40. The van der Waals surface area contributed by atoms with E-state index in [-0.39, 0.29) is 0 Å². The molecule has 3 nitrogen and oxygen atoms in total. The Kier molecular flexibility index (Phi) is 9.00. The summed E-state index contributed by atoms with van der Waals surface area (Å²) in [5.41, 5.74) is 9.03. The Morgan fingerprint density at radius 2 is 1.21 bits per heavy atom. The maximum absolute atomic E-state index is 11.9. The Bertz CT molecular complexity index is 1290. The van der Waals surface area contributed by atoms with Gasteiger partial charge in [0.05, 0.1) is 0 Å². The van der Waals surface area contributed by atoms with Crippen LogP contribution in [0.15, 0.2) is 78.6 Å². The minimum Gasteiger partial charge on any atom is -0.501 e. The van der Waals surface area contributed by atoms with Gasteiger partial charge >= 0.3 is 5.84 Å². The Hall–Kier alpha value is -3.33. The zero-order valence-corrected chi connectivity index (χ0v) is 25.2. The number of rotatable bonds is 9. The van der Waals surface area contributed by atoms with Crippen molar-refractivity contribution in [2.24, 2.45) is 0 Å². The lowest BCUT2D eigenvalue weighted by atomic mass is 9.91. The lowest BCUT2D eigenvalue weighted by Gasteiger charge is -2.24. The molecule has 3 aromatic carbocycles. The second kappa shape index (κ2) is 12.2. The van der Waals surface area contributed by atoms with Gasteiger partial charge in [0.25, 0.3) is 0 Å². The molecule has 0 saturated carbocycles. The molecule has 4 rings (SSSR count). The van der Waals surface area contributed by atoms with Crippen molar-refractivity contribution in [1.82, 2.24) is 0 Å². The second-order valence-corrected chi connectivity index (χ2v) is 12.1. The number of allylic oxidation sites excluding steroid dienone is 1. The van der Waals surface area contributed by atoms with E-state index in [0.29, 0.717) is 35.9 Å². The van der Waals surface area contributed by atoms with Crippen LogP contribution in [-0.2, 0) is 6.42 Å². The molecule has 206 valence electrons. The van der Waals surface area contributed by atoms with Gasteiger partial charge < -0.3 is 5.11 Å². The zero-order chi connectivity index (χ0) is 28.3. The van der Waals surface area contributed by atoms with Crippen molar-refractivity contribution in [2.45, 2.75) is 85.5 Å². The van der Waals surface area contributed by atoms with Crippen LogP contribution in [0.3, 0.4) is 0 Å². The molecule has 0 atom stereocenters. The fraction of sp³-hybridized carbons (Fsp3) is 0.417. The van der Waals surface area contributed by atoms with E-state index in [1.165, 1.54) is 39.2 Å². The zero-order valence-electron chi connectivity index (χ0n) is 25.2. The molecule has 1 aliphatic heterocycles. The molecule has 0 aliphatic carbocycles. The summed E-state index contributed by atoms with van der Waals surface area (Å²) in [7, 11) is 0. The third-order valence-corrected chi connectivity index (χ3v) is 7.89. The van der Waals surface area contributed by atoms with E-state index in [1.54, 1.807) is 0 Å². The molecule has 3 aromatic rings. The molecule has 0 fully saturated rings. The summed E-state index contributed by atoms with van der Waals surface area (Å²) in [6, 6.07) is 23.8. The predicted octanol–water partition coefficient (Wildman–Crippen LogP) is 9.43. The third kappa shape index (κ3) is 5.98. The Labute approximate surface area is 236 Å². The van der Waals surface area contributed by atoms with E-state index in [0.717, 1.165) is 18.9 Å². The predicted molar refractivity (Wildman–Crippen MR) is 167 cm³/mol. The molecule has 0 amide bonds. The quantitative estimate of drug-likeness (QED) is 0.223. The molecular formula is C36H47N2O+. The van der Waals surface area contributed by atoms with Gasteiger partial charge in [0.15, 0.2) is 0 Å². The summed E-state index contributed by atoms with van der Waals surface area (Å²) >= 11 is 0. The van der Waals surface area contributed by atoms with Gasteiger partial charge in [-0.3, -0.25) is 0 Å². The molecule has 1 N–H and O–H groups in total. The van der Waals surface area contributed by atoms with E-state index >= 15 is 0 Å². The highest BCUT2D eigenvalue weighted by Gasteiger charge is 2.40. The van der Waals surface area contributed by atoms with E-state index < -0.39 is 0 Å². The fourth-order valence-electron chi connectivity index (χ4n) is 5.84. The normalized spacial score (nSPS) is 14.6. The van der Waals surface area contributed by atoms with Gasteiger partial charge in [0.1, 0.15) is 24.5 Å². The van der Waals surface area contributed by atoms with Gasteiger partial charge in [-0.1, -0.05) is 122 Å². The maximum atomic E-state index is 11.9. The number of anilines is 1. The molecule has 1 heterocycles. The molecule has 0 unspecified atom stereocenters. The molecule has 0 saturated heterocycles. The smallest absolute Gasteiger partial charge is 0.325 e. The van der Waals surface area contributed by atoms with Crippen molar-refractivity contribution in [1.29, 1.82) is 0 Å². The number of nitrogens with zero attached hydrogens (tertiary/aromatic N) is 2. The number of benzene rings is 3. The first-order chi connectivity index (χ1) is 18.6. The van der Waals surface area contributed by atoms with Crippen molar-refractivity contribution in [3.63, 3.8) is 0 Å². The molecule has 0 radical (unpaired) electrons. The van der Waals surface area contributed by atoms with Crippen LogP contribution in [0.2, 0.25) is 0 Å². The monoisotopic (exact) mass is 523 g/mol. The summed E-state index contributed by atoms with van der Waals surface area (Å²) in [5, 5.41) is 11.9. The summed E-state index contributed by atoms with van der Waals surface area (Å²) in [6.07, 6.45) is 2.68. The summed E-state index contributed by atoms with van der Waals surface area (Å²) in [6.45, 7) is 19.8. The molecule has 39 heavy (non-hydrogen) atoms. The highest BCUT2D eigenvalue weighted by atomic mass is 16.3. The van der Waals surface area contributed by atoms with Gasteiger partial charge in [-0.05, 0) is 41.7 Å². The van der Waals surface area contributed by atoms with Gasteiger partial charge in [0.2, 0.25) is 5.76 Å². The van der Waals surface area contributed by atoms with Crippen LogP contribution in [0.25, 0.3) is 0 Å². The average Bonchev–Trinajstić information content (AvgIpc) is 3.35. The highest BCUT2D eigenvalue weighted by molar-refractivity contribution is 6.07. The van der Waals surface area contributed by atoms with Crippen molar-refractivity contribution in [2.75, 3.05) is 18.0 Å².